The molecule has 0 aromatic heterocycles. The molecule has 25 heavy (non-hydrogen) atoms. The lowest BCUT2D eigenvalue weighted by Gasteiger charge is -2.30. The summed E-state index contributed by atoms with van der Waals surface area (Å²) < 4.78 is 0. The van der Waals surface area contributed by atoms with Crippen LogP contribution in [0.5, 0.6) is 0 Å². The van der Waals surface area contributed by atoms with Crippen molar-refractivity contribution >= 4 is 34.6 Å². The quantitative estimate of drug-likeness (QED) is 0.644. The van der Waals surface area contributed by atoms with Gasteiger partial charge in [-0.1, -0.05) is 23.7 Å². The zero-order valence-corrected chi connectivity index (χ0v) is 14.3. The summed E-state index contributed by atoms with van der Waals surface area (Å²) in [5.74, 6) is -0.385. The molecule has 1 saturated heterocycles. The van der Waals surface area contributed by atoms with Crippen molar-refractivity contribution < 1.29 is 9.72 Å². The number of halogens is 1. The van der Waals surface area contributed by atoms with E-state index in [0.717, 1.165) is 31.6 Å². The van der Waals surface area contributed by atoms with Crippen LogP contribution in [-0.2, 0) is 0 Å². The van der Waals surface area contributed by atoms with Crippen molar-refractivity contribution in [2.75, 3.05) is 23.3 Å². The normalized spacial score (nSPS) is 14.2. The predicted molar refractivity (Wildman–Crippen MR) is 98.6 cm³/mol. The van der Waals surface area contributed by atoms with Crippen molar-refractivity contribution in [3.05, 3.63) is 63.2 Å². The summed E-state index contributed by atoms with van der Waals surface area (Å²) in [4.78, 5) is 25.1. The summed E-state index contributed by atoms with van der Waals surface area (Å²) >= 11 is 6.05. The number of piperidine rings is 1. The summed E-state index contributed by atoms with van der Waals surface area (Å²) in [6.45, 7) is 1.93. The molecule has 2 aromatic rings. The summed E-state index contributed by atoms with van der Waals surface area (Å²) in [5.41, 5.74) is 1.76. The molecule has 2 aromatic carbocycles. The Labute approximate surface area is 150 Å². The number of nitrogens with zero attached hydrogens (tertiary/aromatic N) is 2. The first-order chi connectivity index (χ1) is 12.1. The molecular formula is C18H18ClN3O3. The van der Waals surface area contributed by atoms with Gasteiger partial charge < -0.3 is 10.2 Å². The highest BCUT2D eigenvalue weighted by molar-refractivity contribution is 6.34. The van der Waals surface area contributed by atoms with E-state index in [-0.39, 0.29) is 22.2 Å². The highest BCUT2D eigenvalue weighted by Crippen LogP contribution is 2.30. The molecule has 0 atom stereocenters. The maximum absolute atomic E-state index is 12.6. The van der Waals surface area contributed by atoms with Gasteiger partial charge in [-0.15, -0.1) is 0 Å². The van der Waals surface area contributed by atoms with E-state index < -0.39 is 4.92 Å². The number of carbonyl (C=O) groups excluding carboxylic acids is 1. The van der Waals surface area contributed by atoms with E-state index in [1.165, 1.54) is 24.6 Å². The van der Waals surface area contributed by atoms with Crippen molar-refractivity contribution in [3.63, 3.8) is 0 Å². The van der Waals surface area contributed by atoms with Crippen LogP contribution in [0.3, 0.4) is 0 Å². The number of nitrogens with one attached hydrogen (secondary N) is 1. The topological polar surface area (TPSA) is 75.5 Å². The van der Waals surface area contributed by atoms with Gasteiger partial charge in [-0.05, 0) is 37.5 Å². The number of nitro groups is 1. The molecule has 0 radical (unpaired) electrons. The van der Waals surface area contributed by atoms with Gasteiger partial charge in [0.25, 0.3) is 11.6 Å². The molecule has 1 N–H and O–H groups in total. The molecule has 1 fully saturated rings. The maximum Gasteiger partial charge on any atom is 0.270 e. The molecule has 130 valence electrons. The third-order valence-electron chi connectivity index (χ3n) is 4.26. The third-order valence-corrected chi connectivity index (χ3v) is 4.57. The molecule has 3 rings (SSSR count). The summed E-state index contributed by atoms with van der Waals surface area (Å²) in [7, 11) is 0. The van der Waals surface area contributed by atoms with Gasteiger partial charge in [-0.3, -0.25) is 14.9 Å². The molecule has 0 bridgehead atoms. The number of anilines is 2. The second-order valence-corrected chi connectivity index (χ2v) is 6.35. The highest BCUT2D eigenvalue weighted by Gasteiger charge is 2.18. The Kier molecular flexibility index (Phi) is 5.19. The first kappa shape index (κ1) is 17.2. The standard InChI is InChI=1S/C18H18ClN3O3/c19-15-12-13(22(24)25)8-9-14(15)18(23)20-16-6-2-3-7-17(16)21-10-4-1-5-11-21/h2-3,6-9,12H,1,4-5,10-11H2,(H,20,23). The van der Waals surface area contributed by atoms with Crippen LogP contribution >= 0.6 is 11.6 Å². The number of rotatable bonds is 4. The maximum atomic E-state index is 12.6. The van der Waals surface area contributed by atoms with Crippen molar-refractivity contribution in [1.29, 1.82) is 0 Å². The van der Waals surface area contributed by atoms with Crippen molar-refractivity contribution in [2.24, 2.45) is 0 Å². The van der Waals surface area contributed by atoms with Gasteiger partial charge in [-0.2, -0.15) is 0 Å². The molecule has 1 aliphatic rings. The Hall–Kier alpha value is -2.60. The molecule has 6 nitrogen and oxygen atoms in total. The molecule has 0 spiro atoms. The molecular weight excluding hydrogens is 342 g/mol. The van der Waals surface area contributed by atoms with Crippen molar-refractivity contribution in [3.8, 4) is 0 Å². The number of non-ortho nitro benzene ring substituents is 1. The highest BCUT2D eigenvalue weighted by atomic mass is 35.5. The minimum atomic E-state index is -0.542. The van der Waals surface area contributed by atoms with E-state index in [1.54, 1.807) is 0 Å². The summed E-state index contributed by atoms with van der Waals surface area (Å²) in [6, 6.07) is 11.5. The average molecular weight is 360 g/mol. The second kappa shape index (κ2) is 7.53. The van der Waals surface area contributed by atoms with Crippen LogP contribution in [0.1, 0.15) is 29.6 Å². The van der Waals surface area contributed by atoms with Crippen molar-refractivity contribution in [1.82, 2.24) is 0 Å². The van der Waals surface area contributed by atoms with Gasteiger partial charge in [0.2, 0.25) is 0 Å². The smallest absolute Gasteiger partial charge is 0.270 e. The van der Waals surface area contributed by atoms with Gasteiger partial charge >= 0.3 is 0 Å². The number of benzene rings is 2. The monoisotopic (exact) mass is 359 g/mol. The fourth-order valence-corrected chi connectivity index (χ4v) is 3.24. The lowest BCUT2D eigenvalue weighted by molar-refractivity contribution is -0.384. The number of carbonyl (C=O) groups is 1. The van der Waals surface area contributed by atoms with E-state index in [9.17, 15) is 14.9 Å². The predicted octanol–water partition coefficient (Wildman–Crippen LogP) is 4.49. The van der Waals surface area contributed by atoms with E-state index in [2.05, 4.69) is 10.2 Å². The van der Waals surface area contributed by atoms with Gasteiger partial charge in [0.1, 0.15) is 0 Å². The van der Waals surface area contributed by atoms with Gasteiger partial charge in [0.15, 0.2) is 0 Å². The van der Waals surface area contributed by atoms with Gasteiger partial charge in [-0.25, -0.2) is 0 Å². The largest absolute Gasteiger partial charge is 0.370 e. The Morgan fingerprint density at radius 2 is 1.84 bits per heavy atom. The van der Waals surface area contributed by atoms with E-state index >= 15 is 0 Å². The third kappa shape index (κ3) is 3.91. The first-order valence-electron chi connectivity index (χ1n) is 8.15. The molecule has 0 unspecified atom stereocenters. The molecule has 1 amide bonds. The van der Waals surface area contributed by atoms with Crippen LogP contribution in [0.4, 0.5) is 17.1 Å². The molecule has 0 aliphatic carbocycles. The summed E-state index contributed by atoms with van der Waals surface area (Å²) in [5, 5.41) is 13.7. The average Bonchev–Trinajstić information content (AvgIpc) is 2.62. The minimum Gasteiger partial charge on any atom is -0.370 e. The number of para-hydroxylation sites is 2. The lowest BCUT2D eigenvalue weighted by Crippen LogP contribution is -2.30. The van der Waals surface area contributed by atoms with Crippen molar-refractivity contribution in [2.45, 2.75) is 19.3 Å². The number of nitro benzene ring substituents is 1. The fraction of sp³-hybridized carbons (Fsp3) is 0.278. The Morgan fingerprint density at radius 1 is 1.12 bits per heavy atom. The van der Waals surface area contributed by atoms with Crippen LogP contribution in [0.2, 0.25) is 5.02 Å². The van der Waals surface area contributed by atoms with Crippen LogP contribution in [0.15, 0.2) is 42.5 Å². The Balaban J connectivity index is 1.83. The molecule has 1 heterocycles. The first-order valence-corrected chi connectivity index (χ1v) is 8.53. The Morgan fingerprint density at radius 3 is 2.52 bits per heavy atom. The minimum absolute atomic E-state index is 0.0575. The van der Waals surface area contributed by atoms with Crippen LogP contribution < -0.4 is 10.2 Å². The van der Waals surface area contributed by atoms with E-state index in [1.807, 2.05) is 24.3 Å². The zero-order valence-electron chi connectivity index (χ0n) is 13.6. The van der Waals surface area contributed by atoms with E-state index in [4.69, 9.17) is 11.6 Å². The molecule has 0 saturated carbocycles. The lowest BCUT2D eigenvalue weighted by atomic mass is 10.1. The van der Waals surface area contributed by atoms with E-state index in [0.29, 0.717) is 5.69 Å². The Bertz CT molecular complexity index is 804. The van der Waals surface area contributed by atoms with Gasteiger partial charge in [0.05, 0.1) is 26.9 Å². The van der Waals surface area contributed by atoms with Crippen LogP contribution in [-0.4, -0.2) is 23.9 Å². The molecule has 7 heteroatoms. The number of hydrogen-bond donors (Lipinski definition) is 1. The second-order valence-electron chi connectivity index (χ2n) is 5.94. The zero-order chi connectivity index (χ0) is 17.8. The SMILES string of the molecule is O=C(Nc1ccccc1N1CCCCC1)c1ccc([N+](=O)[O-])cc1Cl. The van der Waals surface area contributed by atoms with Crippen LogP contribution in [0, 0.1) is 10.1 Å². The number of amides is 1. The summed E-state index contributed by atoms with van der Waals surface area (Å²) in [6.07, 6.45) is 3.50. The molecule has 1 aliphatic heterocycles. The fourth-order valence-electron chi connectivity index (χ4n) is 2.98. The van der Waals surface area contributed by atoms with Crippen LogP contribution in [0.25, 0.3) is 0 Å². The van der Waals surface area contributed by atoms with Gasteiger partial charge in [0, 0.05) is 25.2 Å². The number of hydrogen-bond acceptors (Lipinski definition) is 4.